The van der Waals surface area contributed by atoms with Crippen molar-refractivity contribution >= 4 is 11.9 Å². The van der Waals surface area contributed by atoms with Crippen molar-refractivity contribution in [2.24, 2.45) is 0 Å². The molecule has 26 heavy (non-hydrogen) atoms. The van der Waals surface area contributed by atoms with Gasteiger partial charge in [0.15, 0.2) is 0 Å². The number of nitrogens with one attached hydrogen (secondary N) is 1. The van der Waals surface area contributed by atoms with Gasteiger partial charge in [-0.1, -0.05) is 45.0 Å². The van der Waals surface area contributed by atoms with Gasteiger partial charge in [0, 0.05) is 18.1 Å². The fraction of sp³-hybridized carbons (Fsp3) is 0.300. The summed E-state index contributed by atoms with van der Waals surface area (Å²) in [6.45, 7) is 6.21. The standard InChI is InChI=1S/C20H21F2NO3/c1-20(2,3)14-6-4-12(5-7-14)8-17(19(25)26)23-18(24)13-9-15(21)11-16(22)10-13/h4-7,9-11,17H,8H2,1-3H3,(H,23,24)(H,25,26)/t17-/m1/s1. The topological polar surface area (TPSA) is 66.4 Å². The number of carbonyl (C=O) groups excluding carboxylic acids is 1. The average molecular weight is 361 g/mol. The largest absolute Gasteiger partial charge is 0.480 e. The molecule has 2 aromatic rings. The van der Waals surface area contributed by atoms with E-state index in [0.717, 1.165) is 23.3 Å². The van der Waals surface area contributed by atoms with Crippen LogP contribution in [0.5, 0.6) is 0 Å². The lowest BCUT2D eigenvalue weighted by Gasteiger charge is -2.20. The summed E-state index contributed by atoms with van der Waals surface area (Å²) in [5, 5.41) is 11.7. The van der Waals surface area contributed by atoms with Crippen molar-refractivity contribution in [3.05, 3.63) is 70.8 Å². The van der Waals surface area contributed by atoms with Crippen LogP contribution in [-0.4, -0.2) is 23.0 Å². The van der Waals surface area contributed by atoms with Gasteiger partial charge >= 0.3 is 5.97 Å². The molecule has 0 fully saturated rings. The average Bonchev–Trinajstić information content (AvgIpc) is 2.52. The fourth-order valence-electron chi connectivity index (χ4n) is 2.50. The lowest BCUT2D eigenvalue weighted by atomic mass is 9.86. The van der Waals surface area contributed by atoms with Gasteiger partial charge in [0.05, 0.1) is 0 Å². The van der Waals surface area contributed by atoms with Gasteiger partial charge in [0.1, 0.15) is 17.7 Å². The maximum atomic E-state index is 13.2. The van der Waals surface area contributed by atoms with Crippen LogP contribution in [0, 0.1) is 11.6 Å². The highest BCUT2D eigenvalue weighted by Crippen LogP contribution is 2.22. The van der Waals surface area contributed by atoms with Crippen LogP contribution in [0.25, 0.3) is 0 Å². The van der Waals surface area contributed by atoms with Crippen molar-refractivity contribution in [2.45, 2.75) is 38.6 Å². The molecular weight excluding hydrogens is 340 g/mol. The fourth-order valence-corrected chi connectivity index (χ4v) is 2.50. The van der Waals surface area contributed by atoms with Crippen LogP contribution in [-0.2, 0) is 16.6 Å². The summed E-state index contributed by atoms with van der Waals surface area (Å²) in [5.74, 6) is -3.88. The van der Waals surface area contributed by atoms with E-state index in [0.29, 0.717) is 6.07 Å². The van der Waals surface area contributed by atoms with Crippen LogP contribution >= 0.6 is 0 Å². The van der Waals surface area contributed by atoms with Crippen molar-refractivity contribution in [3.8, 4) is 0 Å². The monoisotopic (exact) mass is 361 g/mol. The third kappa shape index (κ3) is 5.12. The van der Waals surface area contributed by atoms with Crippen molar-refractivity contribution in [1.82, 2.24) is 5.32 Å². The van der Waals surface area contributed by atoms with Gasteiger partial charge in [0.25, 0.3) is 5.91 Å². The lowest BCUT2D eigenvalue weighted by Crippen LogP contribution is -2.42. The van der Waals surface area contributed by atoms with Crippen molar-refractivity contribution in [2.75, 3.05) is 0 Å². The van der Waals surface area contributed by atoms with Crippen molar-refractivity contribution < 1.29 is 23.5 Å². The minimum Gasteiger partial charge on any atom is -0.480 e. The predicted molar refractivity (Wildman–Crippen MR) is 94.1 cm³/mol. The van der Waals surface area contributed by atoms with E-state index in [1.807, 2.05) is 24.3 Å². The Bertz CT molecular complexity index is 791. The number of benzene rings is 2. The Balaban J connectivity index is 2.14. The number of carboxylic acid groups (broad SMARTS) is 1. The molecule has 0 aliphatic heterocycles. The lowest BCUT2D eigenvalue weighted by molar-refractivity contribution is -0.139. The van der Waals surface area contributed by atoms with Gasteiger partial charge in [-0.15, -0.1) is 0 Å². The van der Waals surface area contributed by atoms with Crippen LogP contribution in [0.3, 0.4) is 0 Å². The number of amides is 1. The van der Waals surface area contributed by atoms with E-state index in [-0.39, 0.29) is 17.4 Å². The van der Waals surface area contributed by atoms with Crippen LogP contribution in [0.15, 0.2) is 42.5 Å². The molecule has 4 nitrogen and oxygen atoms in total. The molecule has 0 saturated heterocycles. The number of aliphatic carboxylic acids is 1. The number of halogens is 2. The second kappa shape index (κ2) is 7.64. The second-order valence-corrected chi connectivity index (χ2v) is 7.17. The molecule has 0 heterocycles. The molecular formula is C20H21F2NO3. The van der Waals surface area contributed by atoms with E-state index < -0.39 is 29.6 Å². The highest BCUT2D eigenvalue weighted by Gasteiger charge is 2.22. The normalized spacial score (nSPS) is 12.5. The zero-order valence-electron chi connectivity index (χ0n) is 14.8. The van der Waals surface area contributed by atoms with Crippen LogP contribution in [0.4, 0.5) is 8.78 Å². The molecule has 0 aliphatic carbocycles. The molecule has 2 rings (SSSR count). The third-order valence-corrected chi connectivity index (χ3v) is 3.99. The number of hydrogen-bond donors (Lipinski definition) is 2. The summed E-state index contributed by atoms with van der Waals surface area (Å²) >= 11 is 0. The Morgan fingerprint density at radius 1 is 1.04 bits per heavy atom. The second-order valence-electron chi connectivity index (χ2n) is 7.17. The molecule has 0 radical (unpaired) electrons. The van der Waals surface area contributed by atoms with Crippen LogP contribution in [0.1, 0.15) is 42.3 Å². The predicted octanol–water partition coefficient (Wildman–Crippen LogP) is 3.69. The molecule has 6 heteroatoms. The van der Waals surface area contributed by atoms with Gasteiger partial charge in [-0.2, -0.15) is 0 Å². The highest BCUT2D eigenvalue weighted by atomic mass is 19.1. The number of carbonyl (C=O) groups is 2. The minimum atomic E-state index is -1.23. The van der Waals surface area contributed by atoms with E-state index in [9.17, 15) is 23.5 Å². The number of rotatable bonds is 5. The Morgan fingerprint density at radius 3 is 2.04 bits per heavy atom. The molecule has 0 spiro atoms. The van der Waals surface area contributed by atoms with Crippen LogP contribution < -0.4 is 5.32 Å². The first-order valence-electron chi connectivity index (χ1n) is 8.15. The molecule has 2 aromatic carbocycles. The molecule has 2 N–H and O–H groups in total. The number of hydrogen-bond acceptors (Lipinski definition) is 2. The molecule has 0 unspecified atom stereocenters. The van der Waals surface area contributed by atoms with Gasteiger partial charge < -0.3 is 10.4 Å². The molecule has 1 atom stereocenters. The van der Waals surface area contributed by atoms with E-state index in [2.05, 4.69) is 26.1 Å². The summed E-state index contributed by atoms with van der Waals surface area (Å²) < 4.78 is 26.5. The maximum Gasteiger partial charge on any atom is 0.326 e. The highest BCUT2D eigenvalue weighted by molar-refractivity contribution is 5.96. The molecule has 0 aromatic heterocycles. The maximum absolute atomic E-state index is 13.2. The molecule has 138 valence electrons. The van der Waals surface area contributed by atoms with E-state index in [1.54, 1.807) is 0 Å². The first kappa shape index (κ1) is 19.6. The molecule has 0 saturated carbocycles. The first-order valence-corrected chi connectivity index (χ1v) is 8.15. The third-order valence-electron chi connectivity index (χ3n) is 3.99. The summed E-state index contributed by atoms with van der Waals surface area (Å²) in [7, 11) is 0. The zero-order valence-corrected chi connectivity index (χ0v) is 14.8. The van der Waals surface area contributed by atoms with Crippen LogP contribution in [0.2, 0.25) is 0 Å². The Kier molecular flexibility index (Phi) is 5.75. The van der Waals surface area contributed by atoms with Gasteiger partial charge in [-0.3, -0.25) is 4.79 Å². The molecule has 0 aliphatic rings. The van der Waals surface area contributed by atoms with Crippen molar-refractivity contribution in [3.63, 3.8) is 0 Å². The molecule has 0 bridgehead atoms. The quantitative estimate of drug-likeness (QED) is 0.854. The van der Waals surface area contributed by atoms with E-state index in [1.165, 1.54) is 0 Å². The SMILES string of the molecule is CC(C)(C)c1ccc(C[C@@H](NC(=O)c2cc(F)cc(F)c2)C(=O)O)cc1. The summed E-state index contributed by atoms with van der Waals surface area (Å²) in [6.07, 6.45) is 0.0588. The Hall–Kier alpha value is -2.76. The number of carboxylic acids is 1. The Labute approximate surface area is 150 Å². The summed E-state index contributed by atoms with van der Waals surface area (Å²) in [4.78, 5) is 23.6. The smallest absolute Gasteiger partial charge is 0.326 e. The van der Waals surface area contributed by atoms with Gasteiger partial charge in [-0.05, 0) is 28.7 Å². The summed E-state index contributed by atoms with van der Waals surface area (Å²) in [5.41, 5.74) is 1.54. The summed E-state index contributed by atoms with van der Waals surface area (Å²) in [6, 6.07) is 8.59. The van der Waals surface area contributed by atoms with E-state index >= 15 is 0 Å². The first-order chi connectivity index (χ1) is 12.1. The van der Waals surface area contributed by atoms with Gasteiger partial charge in [-0.25, -0.2) is 13.6 Å². The zero-order chi connectivity index (χ0) is 19.5. The van der Waals surface area contributed by atoms with E-state index in [4.69, 9.17) is 0 Å². The minimum absolute atomic E-state index is 0.0274. The Morgan fingerprint density at radius 2 is 1.58 bits per heavy atom. The van der Waals surface area contributed by atoms with Crippen molar-refractivity contribution in [1.29, 1.82) is 0 Å². The van der Waals surface area contributed by atoms with Gasteiger partial charge in [0.2, 0.25) is 0 Å². The molecule has 1 amide bonds.